The first kappa shape index (κ1) is 11.4. The summed E-state index contributed by atoms with van der Waals surface area (Å²) in [6, 6.07) is 0.232. The zero-order valence-corrected chi connectivity index (χ0v) is 9.75. The number of sulfonamides is 1. The van der Waals surface area contributed by atoms with Crippen LogP contribution in [-0.2, 0) is 10.0 Å². The van der Waals surface area contributed by atoms with Crippen molar-refractivity contribution in [2.24, 2.45) is 5.92 Å². The highest BCUT2D eigenvalue weighted by atomic mass is 32.2. The van der Waals surface area contributed by atoms with Crippen LogP contribution in [0, 0.1) is 5.92 Å². The number of hydrogen-bond donors (Lipinski definition) is 1. The van der Waals surface area contributed by atoms with E-state index in [0.29, 0.717) is 12.5 Å². The second kappa shape index (κ2) is 4.39. The maximum Gasteiger partial charge on any atom is 0.216 e. The van der Waals surface area contributed by atoms with Crippen LogP contribution in [0.5, 0.6) is 0 Å². The molecule has 5 heteroatoms. The van der Waals surface area contributed by atoms with Crippen molar-refractivity contribution in [1.29, 1.82) is 0 Å². The molecule has 0 amide bonds. The average molecular weight is 233 g/mol. The van der Waals surface area contributed by atoms with Gasteiger partial charge in [-0.1, -0.05) is 12.8 Å². The molecule has 2 atom stereocenters. The van der Waals surface area contributed by atoms with E-state index < -0.39 is 10.0 Å². The van der Waals surface area contributed by atoms with Gasteiger partial charge in [-0.3, -0.25) is 0 Å². The minimum Gasteiger partial charge on any atom is -0.395 e. The molecular weight excluding hydrogens is 214 g/mol. The summed E-state index contributed by atoms with van der Waals surface area (Å²) in [6.07, 6.45) is 5.59. The lowest BCUT2D eigenvalue weighted by Gasteiger charge is -2.30. The van der Waals surface area contributed by atoms with Crippen LogP contribution in [0.2, 0.25) is 0 Å². The Labute approximate surface area is 91.3 Å². The van der Waals surface area contributed by atoms with Crippen molar-refractivity contribution in [3.63, 3.8) is 0 Å². The van der Waals surface area contributed by atoms with Crippen LogP contribution in [0.3, 0.4) is 0 Å². The van der Waals surface area contributed by atoms with Crippen LogP contribution in [0.25, 0.3) is 0 Å². The molecule has 0 bridgehead atoms. The minimum atomic E-state index is -3.20. The summed E-state index contributed by atoms with van der Waals surface area (Å²) in [6.45, 7) is 0.397. The van der Waals surface area contributed by atoms with E-state index >= 15 is 0 Å². The standard InChI is InChI=1S/C10H19NO3S/c12-7-8-15(13,14)11-6-5-9-3-1-2-4-10(9)11/h9-10,12H,1-8H2. The highest BCUT2D eigenvalue weighted by molar-refractivity contribution is 7.89. The van der Waals surface area contributed by atoms with Crippen LogP contribution in [0.4, 0.5) is 0 Å². The molecule has 1 heterocycles. The molecule has 2 fully saturated rings. The lowest BCUT2D eigenvalue weighted by molar-refractivity contribution is 0.257. The third-order valence-corrected chi connectivity index (χ3v) is 5.53. The van der Waals surface area contributed by atoms with E-state index in [-0.39, 0.29) is 18.4 Å². The molecule has 2 unspecified atom stereocenters. The Morgan fingerprint density at radius 2 is 1.93 bits per heavy atom. The van der Waals surface area contributed by atoms with E-state index in [0.717, 1.165) is 19.3 Å². The van der Waals surface area contributed by atoms with Gasteiger partial charge in [-0.05, 0) is 25.2 Å². The molecule has 0 aromatic heterocycles. The third-order valence-electron chi connectivity index (χ3n) is 3.67. The first-order valence-electron chi connectivity index (χ1n) is 5.75. The zero-order chi connectivity index (χ0) is 10.9. The van der Waals surface area contributed by atoms with Crippen LogP contribution in [0.15, 0.2) is 0 Å². The van der Waals surface area contributed by atoms with Crippen molar-refractivity contribution in [3.05, 3.63) is 0 Å². The molecule has 0 aromatic carbocycles. The molecule has 1 saturated heterocycles. The fraction of sp³-hybridized carbons (Fsp3) is 1.00. The molecule has 1 aliphatic heterocycles. The summed E-state index contributed by atoms with van der Waals surface area (Å²) in [5.74, 6) is 0.461. The molecule has 4 nitrogen and oxygen atoms in total. The van der Waals surface area contributed by atoms with E-state index in [1.54, 1.807) is 4.31 Å². The summed E-state index contributed by atoms with van der Waals surface area (Å²) in [7, 11) is -3.20. The molecule has 1 aliphatic carbocycles. The van der Waals surface area contributed by atoms with E-state index in [1.165, 1.54) is 12.8 Å². The second-order valence-corrected chi connectivity index (χ2v) is 6.59. The number of aliphatic hydroxyl groups excluding tert-OH is 1. The topological polar surface area (TPSA) is 57.6 Å². The zero-order valence-electron chi connectivity index (χ0n) is 8.93. The molecule has 2 rings (SSSR count). The van der Waals surface area contributed by atoms with Gasteiger partial charge in [0.25, 0.3) is 0 Å². The number of aliphatic hydroxyl groups is 1. The van der Waals surface area contributed by atoms with E-state index in [1.807, 2.05) is 0 Å². The lowest BCUT2D eigenvalue weighted by atomic mass is 9.86. The molecular formula is C10H19NO3S. The van der Waals surface area contributed by atoms with Crippen LogP contribution < -0.4 is 0 Å². The highest BCUT2D eigenvalue weighted by Gasteiger charge is 2.41. The summed E-state index contributed by atoms with van der Waals surface area (Å²) in [5.41, 5.74) is 0. The fourth-order valence-electron chi connectivity index (χ4n) is 2.94. The summed E-state index contributed by atoms with van der Waals surface area (Å²) in [4.78, 5) is 0. The predicted molar refractivity (Wildman–Crippen MR) is 57.9 cm³/mol. The van der Waals surface area contributed by atoms with Gasteiger partial charge in [0.2, 0.25) is 10.0 Å². The molecule has 15 heavy (non-hydrogen) atoms. The molecule has 88 valence electrons. The number of hydrogen-bond acceptors (Lipinski definition) is 3. The van der Waals surface area contributed by atoms with Gasteiger partial charge in [-0.15, -0.1) is 0 Å². The van der Waals surface area contributed by atoms with Gasteiger partial charge < -0.3 is 5.11 Å². The smallest absolute Gasteiger partial charge is 0.216 e. The van der Waals surface area contributed by atoms with E-state index in [9.17, 15) is 8.42 Å². The van der Waals surface area contributed by atoms with Gasteiger partial charge in [0.1, 0.15) is 0 Å². The summed E-state index contributed by atoms with van der Waals surface area (Å²) < 4.78 is 25.4. The Morgan fingerprint density at radius 3 is 2.67 bits per heavy atom. The van der Waals surface area contributed by atoms with Crippen LogP contribution in [0.1, 0.15) is 32.1 Å². The first-order chi connectivity index (χ1) is 7.15. The normalized spacial score (nSPS) is 32.9. The highest BCUT2D eigenvalue weighted by Crippen LogP contribution is 2.37. The molecule has 0 aromatic rings. The van der Waals surface area contributed by atoms with Crippen LogP contribution in [-0.4, -0.2) is 42.8 Å². The second-order valence-electron chi connectivity index (χ2n) is 4.55. The quantitative estimate of drug-likeness (QED) is 0.775. The third kappa shape index (κ3) is 2.19. The summed E-state index contributed by atoms with van der Waals surface area (Å²) in [5, 5.41) is 8.75. The van der Waals surface area contributed by atoms with E-state index in [2.05, 4.69) is 0 Å². The number of fused-ring (bicyclic) bond motifs is 1. The van der Waals surface area contributed by atoms with Gasteiger partial charge >= 0.3 is 0 Å². The Balaban J connectivity index is 2.10. The largest absolute Gasteiger partial charge is 0.395 e. The Morgan fingerprint density at radius 1 is 1.20 bits per heavy atom. The van der Waals surface area contributed by atoms with Gasteiger partial charge in [-0.2, -0.15) is 4.31 Å². The van der Waals surface area contributed by atoms with Crippen molar-refractivity contribution < 1.29 is 13.5 Å². The maximum atomic E-state index is 11.9. The van der Waals surface area contributed by atoms with Crippen molar-refractivity contribution in [2.45, 2.75) is 38.1 Å². The van der Waals surface area contributed by atoms with Crippen molar-refractivity contribution in [2.75, 3.05) is 18.9 Å². The van der Waals surface area contributed by atoms with Gasteiger partial charge in [0, 0.05) is 12.6 Å². The lowest BCUT2D eigenvalue weighted by Crippen LogP contribution is -2.40. The van der Waals surface area contributed by atoms with Gasteiger partial charge in [0.15, 0.2) is 0 Å². The fourth-order valence-corrected chi connectivity index (χ4v) is 4.48. The molecule has 1 N–H and O–H groups in total. The summed E-state index contributed by atoms with van der Waals surface area (Å²) >= 11 is 0. The number of nitrogens with zero attached hydrogens (tertiary/aromatic N) is 1. The maximum absolute atomic E-state index is 11.9. The monoisotopic (exact) mass is 233 g/mol. The molecule has 1 saturated carbocycles. The number of rotatable bonds is 3. The Hall–Kier alpha value is -0.130. The average Bonchev–Trinajstić information content (AvgIpc) is 2.61. The van der Waals surface area contributed by atoms with Crippen molar-refractivity contribution in [3.8, 4) is 0 Å². The van der Waals surface area contributed by atoms with Crippen molar-refractivity contribution >= 4 is 10.0 Å². The SMILES string of the molecule is O=S(=O)(CCO)N1CCC2CCCCC21. The predicted octanol–water partition coefficient (Wildman–Crippen LogP) is 0.573. The molecule has 2 aliphatic rings. The first-order valence-corrected chi connectivity index (χ1v) is 7.36. The Kier molecular flexibility index (Phi) is 3.33. The van der Waals surface area contributed by atoms with Gasteiger partial charge in [0.05, 0.1) is 12.4 Å². The Bertz CT molecular complexity index is 315. The van der Waals surface area contributed by atoms with E-state index in [4.69, 9.17) is 5.11 Å². The molecule has 0 spiro atoms. The van der Waals surface area contributed by atoms with Crippen LogP contribution >= 0.6 is 0 Å². The van der Waals surface area contributed by atoms with Gasteiger partial charge in [-0.25, -0.2) is 8.42 Å². The minimum absolute atomic E-state index is 0.115. The van der Waals surface area contributed by atoms with Crippen molar-refractivity contribution in [1.82, 2.24) is 4.31 Å². The molecule has 0 radical (unpaired) electrons.